The van der Waals surface area contributed by atoms with Crippen molar-refractivity contribution in [2.75, 3.05) is 13.2 Å². The predicted molar refractivity (Wildman–Crippen MR) is 133 cm³/mol. The van der Waals surface area contributed by atoms with E-state index in [1.165, 1.54) is 0 Å². The van der Waals surface area contributed by atoms with Gasteiger partial charge in [0.05, 0.1) is 13.2 Å². The highest BCUT2D eigenvalue weighted by atomic mass is 79.9. The molecule has 5 rings (SSSR count). The van der Waals surface area contributed by atoms with Crippen LogP contribution in [-0.2, 0) is 9.47 Å². The average Bonchev–Trinajstić information content (AvgIpc) is 3.34. The Balaban J connectivity index is 1.73. The van der Waals surface area contributed by atoms with Crippen molar-refractivity contribution in [1.29, 1.82) is 0 Å². The molecule has 0 N–H and O–H groups in total. The van der Waals surface area contributed by atoms with E-state index in [0.29, 0.717) is 13.2 Å². The van der Waals surface area contributed by atoms with Gasteiger partial charge in [0.2, 0.25) is 0 Å². The Labute approximate surface area is 199 Å². The minimum absolute atomic E-state index is 0.324. The molecule has 0 aromatic heterocycles. The number of rotatable bonds is 4. The largest absolute Gasteiger partial charge is 0.346 e. The zero-order chi connectivity index (χ0) is 21.2. The monoisotopic (exact) mass is 534 g/mol. The molecule has 0 atom stereocenters. The Hall–Kier alpha value is -2.24. The molecule has 31 heavy (non-hydrogen) atoms. The van der Waals surface area contributed by atoms with Crippen molar-refractivity contribution < 1.29 is 9.47 Å². The third kappa shape index (κ3) is 4.26. The molecule has 4 aromatic rings. The van der Waals surface area contributed by atoms with Crippen LogP contribution in [0.5, 0.6) is 0 Å². The minimum Gasteiger partial charge on any atom is -0.346 e. The lowest BCUT2D eigenvalue weighted by Gasteiger charge is -2.17. The van der Waals surface area contributed by atoms with Crippen molar-refractivity contribution in [2.24, 2.45) is 0 Å². The molecule has 0 amide bonds. The van der Waals surface area contributed by atoms with Crippen molar-refractivity contribution in [3.05, 3.63) is 106 Å². The van der Waals surface area contributed by atoms with Crippen LogP contribution in [-0.4, -0.2) is 13.2 Å². The molecule has 0 radical (unpaired) electrons. The first-order valence-electron chi connectivity index (χ1n) is 10.2. The molecule has 4 heteroatoms. The molecule has 0 unspecified atom stereocenters. The summed E-state index contributed by atoms with van der Waals surface area (Å²) in [6.07, 6.45) is -0.324. The van der Waals surface area contributed by atoms with E-state index in [4.69, 9.17) is 9.47 Å². The highest BCUT2D eigenvalue weighted by molar-refractivity contribution is 9.11. The second kappa shape index (κ2) is 9.09. The van der Waals surface area contributed by atoms with Gasteiger partial charge in [0, 0.05) is 14.5 Å². The molecule has 1 fully saturated rings. The molecule has 154 valence electrons. The Morgan fingerprint density at radius 3 is 1.48 bits per heavy atom. The third-order valence-electron chi connectivity index (χ3n) is 5.45. The maximum atomic E-state index is 5.83. The van der Waals surface area contributed by atoms with Gasteiger partial charge in [0.1, 0.15) is 0 Å². The standard InChI is InChI=1S/C27H20Br2O2/c28-25-11-5-3-8-22(25)19-15-18(16-20(17-19)23-9-4-6-12-26(23)29)21-7-1-2-10-24(21)27-30-13-14-31-27/h1-12,15-17,27H,13-14H2. The number of halogens is 2. The van der Waals surface area contributed by atoms with Gasteiger partial charge in [-0.1, -0.05) is 92.5 Å². The fourth-order valence-electron chi connectivity index (χ4n) is 3.99. The molecule has 1 heterocycles. The molecular weight excluding hydrogens is 516 g/mol. The van der Waals surface area contributed by atoms with Gasteiger partial charge in [-0.2, -0.15) is 0 Å². The van der Waals surface area contributed by atoms with E-state index in [2.05, 4.69) is 105 Å². The summed E-state index contributed by atoms with van der Waals surface area (Å²) < 4.78 is 13.8. The molecule has 0 saturated carbocycles. The van der Waals surface area contributed by atoms with Crippen LogP contribution < -0.4 is 0 Å². The molecule has 1 aliphatic rings. The molecule has 2 nitrogen and oxygen atoms in total. The van der Waals surface area contributed by atoms with Gasteiger partial charge in [0.15, 0.2) is 6.29 Å². The SMILES string of the molecule is Brc1ccccc1-c1cc(-c2ccccc2Br)cc(-c2ccccc2C2OCCO2)c1. The van der Waals surface area contributed by atoms with E-state index in [9.17, 15) is 0 Å². The number of hydrogen-bond acceptors (Lipinski definition) is 2. The van der Waals surface area contributed by atoms with Crippen LogP contribution in [0.15, 0.2) is 99.9 Å². The van der Waals surface area contributed by atoms with Crippen LogP contribution >= 0.6 is 31.9 Å². The Morgan fingerprint density at radius 1 is 0.548 bits per heavy atom. The van der Waals surface area contributed by atoms with E-state index in [1.807, 2.05) is 18.2 Å². The highest BCUT2D eigenvalue weighted by Gasteiger charge is 2.22. The zero-order valence-electron chi connectivity index (χ0n) is 16.7. The van der Waals surface area contributed by atoms with Crippen LogP contribution in [0.25, 0.3) is 33.4 Å². The number of hydrogen-bond donors (Lipinski definition) is 0. The Morgan fingerprint density at radius 2 is 0.968 bits per heavy atom. The smallest absolute Gasteiger partial charge is 0.184 e. The van der Waals surface area contributed by atoms with Crippen molar-refractivity contribution >= 4 is 31.9 Å². The first kappa shape index (κ1) is 20.7. The first-order chi connectivity index (χ1) is 15.2. The summed E-state index contributed by atoms with van der Waals surface area (Å²) in [5.41, 5.74) is 7.93. The highest BCUT2D eigenvalue weighted by Crippen LogP contribution is 2.40. The maximum absolute atomic E-state index is 5.83. The number of ether oxygens (including phenoxy) is 2. The van der Waals surface area contributed by atoms with Gasteiger partial charge in [0.25, 0.3) is 0 Å². The van der Waals surface area contributed by atoms with E-state index in [1.54, 1.807) is 0 Å². The fourth-order valence-corrected chi connectivity index (χ4v) is 5.02. The summed E-state index contributed by atoms with van der Waals surface area (Å²) >= 11 is 7.46. The van der Waals surface area contributed by atoms with Crippen LogP contribution in [0.4, 0.5) is 0 Å². The van der Waals surface area contributed by atoms with Crippen molar-refractivity contribution in [2.45, 2.75) is 6.29 Å². The van der Waals surface area contributed by atoms with Crippen LogP contribution in [0.2, 0.25) is 0 Å². The zero-order valence-corrected chi connectivity index (χ0v) is 19.9. The van der Waals surface area contributed by atoms with E-state index >= 15 is 0 Å². The van der Waals surface area contributed by atoms with Gasteiger partial charge in [-0.15, -0.1) is 0 Å². The molecule has 1 saturated heterocycles. The molecule has 0 bridgehead atoms. The third-order valence-corrected chi connectivity index (χ3v) is 6.83. The van der Waals surface area contributed by atoms with E-state index in [-0.39, 0.29) is 6.29 Å². The van der Waals surface area contributed by atoms with E-state index in [0.717, 1.165) is 47.9 Å². The second-order valence-corrected chi connectivity index (χ2v) is 9.13. The quantitative estimate of drug-likeness (QED) is 0.262. The summed E-state index contributed by atoms with van der Waals surface area (Å²) in [5.74, 6) is 0. The average molecular weight is 536 g/mol. The second-order valence-electron chi connectivity index (χ2n) is 7.42. The summed E-state index contributed by atoms with van der Waals surface area (Å²) in [7, 11) is 0. The summed E-state index contributed by atoms with van der Waals surface area (Å²) in [6.45, 7) is 1.25. The Bertz CT molecular complexity index is 1170. The molecular formula is C27H20Br2O2. The topological polar surface area (TPSA) is 18.5 Å². The molecule has 0 spiro atoms. The first-order valence-corrected chi connectivity index (χ1v) is 11.8. The molecule has 4 aromatic carbocycles. The van der Waals surface area contributed by atoms with Gasteiger partial charge < -0.3 is 9.47 Å². The van der Waals surface area contributed by atoms with Gasteiger partial charge >= 0.3 is 0 Å². The van der Waals surface area contributed by atoms with Gasteiger partial charge in [-0.05, 0) is 63.7 Å². The lowest BCUT2D eigenvalue weighted by molar-refractivity contribution is -0.0436. The number of benzene rings is 4. The van der Waals surface area contributed by atoms with Crippen molar-refractivity contribution in [3.63, 3.8) is 0 Å². The lowest BCUT2D eigenvalue weighted by atomic mass is 9.91. The fraction of sp³-hybridized carbons (Fsp3) is 0.111. The van der Waals surface area contributed by atoms with Crippen LogP contribution in [0.3, 0.4) is 0 Å². The summed E-state index contributed by atoms with van der Waals surface area (Å²) in [4.78, 5) is 0. The van der Waals surface area contributed by atoms with E-state index < -0.39 is 0 Å². The minimum atomic E-state index is -0.324. The van der Waals surface area contributed by atoms with Crippen molar-refractivity contribution in [1.82, 2.24) is 0 Å². The van der Waals surface area contributed by atoms with Crippen molar-refractivity contribution in [3.8, 4) is 33.4 Å². The Kier molecular flexibility index (Phi) is 6.06. The summed E-state index contributed by atoms with van der Waals surface area (Å²) in [6, 6.07) is 31.7. The normalized spacial score (nSPS) is 14.1. The maximum Gasteiger partial charge on any atom is 0.184 e. The van der Waals surface area contributed by atoms with Crippen LogP contribution in [0.1, 0.15) is 11.9 Å². The summed E-state index contributed by atoms with van der Waals surface area (Å²) in [5, 5.41) is 0. The molecule has 0 aliphatic carbocycles. The lowest BCUT2D eigenvalue weighted by Crippen LogP contribution is -2.00. The predicted octanol–water partition coefficient (Wildman–Crippen LogP) is 8.26. The van der Waals surface area contributed by atoms with Crippen LogP contribution in [0, 0.1) is 0 Å². The molecule has 1 aliphatic heterocycles. The van der Waals surface area contributed by atoms with Gasteiger partial charge in [-0.25, -0.2) is 0 Å². The van der Waals surface area contributed by atoms with Gasteiger partial charge in [-0.3, -0.25) is 0 Å².